The van der Waals surface area contributed by atoms with Gasteiger partial charge in [-0.3, -0.25) is 0 Å². The van der Waals surface area contributed by atoms with Gasteiger partial charge in [0.15, 0.2) is 11.2 Å². The molecule has 2 aliphatic carbocycles. The molecule has 4 heteroatoms. The number of benzene rings is 13. The average Bonchev–Trinajstić information content (AvgIpc) is 1.66. The van der Waals surface area contributed by atoms with Gasteiger partial charge in [-0.1, -0.05) is 198 Å². The van der Waals surface area contributed by atoms with E-state index in [0.29, 0.717) is 11.8 Å². The molecule has 0 amide bonds. The summed E-state index contributed by atoms with van der Waals surface area (Å²) in [6.45, 7) is 9.05. The van der Waals surface area contributed by atoms with Crippen LogP contribution in [-0.4, -0.2) is 0 Å². The van der Waals surface area contributed by atoms with Crippen LogP contribution in [0.5, 0.6) is 0 Å². The molecule has 2 heterocycles. The van der Waals surface area contributed by atoms with Gasteiger partial charge in [0.25, 0.3) is 0 Å². The fourth-order valence-electron chi connectivity index (χ4n) is 14.5. The Bertz CT molecular complexity index is 4960. The average molecular weight is 1070 g/mol. The Labute approximate surface area is 481 Å². The summed E-state index contributed by atoms with van der Waals surface area (Å²) in [6, 6.07) is 95.0. The van der Waals surface area contributed by atoms with Gasteiger partial charge in [-0.05, 0) is 185 Å². The minimum Gasteiger partial charge on any atom is -0.454 e. The number of furan rings is 2. The van der Waals surface area contributed by atoms with Crippen LogP contribution in [0.2, 0.25) is 0 Å². The third kappa shape index (κ3) is 6.81. The summed E-state index contributed by atoms with van der Waals surface area (Å²) in [4.78, 5) is 4.85. The van der Waals surface area contributed by atoms with Crippen LogP contribution in [-0.2, 0) is 5.41 Å². The van der Waals surface area contributed by atoms with E-state index in [-0.39, 0.29) is 0 Å². The van der Waals surface area contributed by atoms with Crippen molar-refractivity contribution in [2.24, 2.45) is 0 Å². The van der Waals surface area contributed by atoms with Crippen molar-refractivity contribution in [3.8, 4) is 22.3 Å². The normalized spacial score (nSPS) is 13.1. The van der Waals surface area contributed by atoms with Crippen molar-refractivity contribution < 1.29 is 8.83 Å². The molecular formula is C79H56N2O2. The number of anilines is 6. The maximum absolute atomic E-state index is 6.92. The van der Waals surface area contributed by atoms with Crippen molar-refractivity contribution in [3.05, 3.63) is 288 Å². The van der Waals surface area contributed by atoms with Crippen LogP contribution in [0, 0.1) is 0 Å². The molecule has 0 saturated carbocycles. The van der Waals surface area contributed by atoms with Gasteiger partial charge in [0.1, 0.15) is 11.2 Å². The van der Waals surface area contributed by atoms with E-state index in [0.717, 1.165) is 78.0 Å². The Balaban J connectivity index is 0.976. The van der Waals surface area contributed by atoms with Gasteiger partial charge in [-0.25, -0.2) is 0 Å². The van der Waals surface area contributed by atoms with Gasteiger partial charge in [-0.2, -0.15) is 0 Å². The molecule has 4 nitrogen and oxygen atoms in total. The number of hydrogen-bond donors (Lipinski definition) is 0. The van der Waals surface area contributed by atoms with Crippen LogP contribution in [0.15, 0.2) is 264 Å². The Morgan fingerprint density at radius 2 is 0.651 bits per heavy atom. The molecule has 15 aromatic rings. The fourth-order valence-corrected chi connectivity index (χ4v) is 14.5. The zero-order valence-electron chi connectivity index (χ0n) is 46.6. The predicted molar refractivity (Wildman–Crippen MR) is 347 cm³/mol. The topological polar surface area (TPSA) is 32.8 Å². The summed E-state index contributed by atoms with van der Waals surface area (Å²) >= 11 is 0. The molecule has 2 aliphatic rings. The van der Waals surface area contributed by atoms with E-state index in [9.17, 15) is 0 Å². The first-order valence-electron chi connectivity index (χ1n) is 29.2. The summed E-state index contributed by atoms with van der Waals surface area (Å²) in [5, 5.41) is 11.9. The van der Waals surface area contributed by atoms with Gasteiger partial charge in [0, 0.05) is 44.3 Å². The van der Waals surface area contributed by atoms with Crippen molar-refractivity contribution in [2.75, 3.05) is 9.80 Å². The van der Waals surface area contributed by atoms with Crippen molar-refractivity contribution in [2.45, 2.75) is 44.9 Å². The first-order chi connectivity index (χ1) is 40.8. The number of hydrogen-bond acceptors (Lipinski definition) is 4. The SMILES string of the molecule is CC(C)c1ccc(N(c2ccc3c(c2)C2(c4ccccc4-c4cc5c6ccccc6c6ccccc6c5cc42)c2cc(N(c4ccc(C(C)C)cc4)c4cccc5c4oc4ccccc45)ccc2-3)c2cccc3c2oc2ccccc23)cc1. The first kappa shape index (κ1) is 47.6. The van der Waals surface area contributed by atoms with Gasteiger partial charge < -0.3 is 18.6 Å². The van der Waals surface area contributed by atoms with E-state index < -0.39 is 5.41 Å². The van der Waals surface area contributed by atoms with Crippen LogP contribution < -0.4 is 9.80 Å². The highest BCUT2D eigenvalue weighted by Crippen LogP contribution is 2.65. The number of nitrogens with zero attached hydrogens (tertiary/aromatic N) is 2. The molecule has 0 radical (unpaired) electrons. The molecule has 0 fully saturated rings. The molecule has 0 N–H and O–H groups in total. The second-order valence-corrected chi connectivity index (χ2v) is 23.5. The van der Waals surface area contributed by atoms with Gasteiger partial charge >= 0.3 is 0 Å². The molecule has 17 rings (SSSR count). The maximum Gasteiger partial charge on any atom is 0.159 e. The van der Waals surface area contributed by atoms with E-state index in [1.54, 1.807) is 0 Å². The van der Waals surface area contributed by atoms with Crippen molar-refractivity contribution in [1.29, 1.82) is 0 Å². The minimum absolute atomic E-state index is 0.384. The maximum atomic E-state index is 6.92. The molecule has 394 valence electrons. The Morgan fingerprint density at radius 1 is 0.277 bits per heavy atom. The largest absolute Gasteiger partial charge is 0.454 e. The standard InChI is InChI=1S/C79H56N2O2/c1-47(2)49-31-35-51(36-32-49)80(73-27-15-24-64-62-22-10-13-29-75(62)82-77(64)73)53-39-41-60-61-42-40-54(81(52-37-33-50(34-38-52)48(3)4)74-28-16-25-65-63-23-11-14-30-76(63)83-78(65)74)44-71(61)79(70(60)43-53)69-26-12-9-21-59(69)68-45-66-57-19-7-5-17-55(57)56-18-6-8-20-58(56)67(66)46-72(68)79/h5-48H,1-4H3. The highest BCUT2D eigenvalue weighted by Gasteiger charge is 2.52. The summed E-state index contributed by atoms with van der Waals surface area (Å²) in [5.74, 6) is 0.769. The quantitative estimate of drug-likeness (QED) is 0.142. The number of fused-ring (bicyclic) bond motifs is 22. The summed E-state index contributed by atoms with van der Waals surface area (Å²) in [6.07, 6.45) is 0. The van der Waals surface area contributed by atoms with E-state index in [1.165, 1.54) is 88.0 Å². The van der Waals surface area contributed by atoms with Gasteiger partial charge in [0.05, 0.1) is 16.8 Å². The number of rotatable bonds is 8. The molecule has 0 unspecified atom stereocenters. The zero-order valence-corrected chi connectivity index (χ0v) is 46.6. The van der Waals surface area contributed by atoms with E-state index in [1.807, 2.05) is 0 Å². The van der Waals surface area contributed by atoms with E-state index >= 15 is 0 Å². The van der Waals surface area contributed by atoms with Crippen LogP contribution in [0.4, 0.5) is 34.1 Å². The molecule has 13 aromatic carbocycles. The first-order valence-corrected chi connectivity index (χ1v) is 29.2. The van der Waals surface area contributed by atoms with Crippen molar-refractivity contribution in [3.63, 3.8) is 0 Å². The fraction of sp³-hybridized carbons (Fsp3) is 0.0886. The lowest BCUT2D eigenvalue weighted by atomic mass is 9.70. The predicted octanol–water partition coefficient (Wildman–Crippen LogP) is 22.5. The Morgan fingerprint density at radius 3 is 1.13 bits per heavy atom. The lowest BCUT2D eigenvalue weighted by Crippen LogP contribution is -2.26. The Kier molecular flexibility index (Phi) is 10.3. The lowest BCUT2D eigenvalue weighted by molar-refractivity contribution is 0.668. The minimum atomic E-state index is -0.763. The van der Waals surface area contributed by atoms with Crippen LogP contribution in [0.3, 0.4) is 0 Å². The third-order valence-corrected chi connectivity index (χ3v) is 18.4. The second kappa shape index (κ2) is 17.9. The van der Waals surface area contributed by atoms with Crippen molar-refractivity contribution >= 4 is 110 Å². The molecule has 1 spiro atoms. The van der Waals surface area contributed by atoms with Gasteiger partial charge in [0.2, 0.25) is 0 Å². The highest BCUT2D eigenvalue weighted by molar-refractivity contribution is 6.26. The summed E-state index contributed by atoms with van der Waals surface area (Å²) < 4.78 is 13.8. The van der Waals surface area contributed by atoms with Crippen LogP contribution in [0.1, 0.15) is 72.9 Å². The lowest BCUT2D eigenvalue weighted by Gasteiger charge is -2.33. The van der Waals surface area contributed by atoms with E-state index in [4.69, 9.17) is 8.83 Å². The molecule has 0 saturated heterocycles. The smallest absolute Gasteiger partial charge is 0.159 e. The second-order valence-electron chi connectivity index (χ2n) is 23.5. The summed E-state index contributed by atoms with van der Waals surface area (Å²) in [7, 11) is 0. The molecule has 0 aliphatic heterocycles. The highest BCUT2D eigenvalue weighted by atomic mass is 16.3. The molecule has 83 heavy (non-hydrogen) atoms. The van der Waals surface area contributed by atoms with Gasteiger partial charge in [-0.15, -0.1) is 0 Å². The molecule has 0 atom stereocenters. The number of para-hydroxylation sites is 4. The van der Waals surface area contributed by atoms with Crippen molar-refractivity contribution in [1.82, 2.24) is 0 Å². The zero-order chi connectivity index (χ0) is 55.2. The Hall–Kier alpha value is -10.2. The monoisotopic (exact) mass is 1060 g/mol. The molecule has 0 bridgehead atoms. The van der Waals surface area contributed by atoms with Crippen LogP contribution >= 0.6 is 0 Å². The molecule has 2 aromatic heterocycles. The van der Waals surface area contributed by atoms with E-state index in [2.05, 4.69) is 292 Å². The summed E-state index contributed by atoms with van der Waals surface area (Å²) in [5.41, 5.74) is 21.4. The third-order valence-electron chi connectivity index (χ3n) is 18.4. The van der Waals surface area contributed by atoms with Crippen LogP contribution in [0.25, 0.3) is 98.4 Å². The molecular weight excluding hydrogens is 1010 g/mol.